The molecule has 1 saturated heterocycles. The van der Waals surface area contributed by atoms with Crippen LogP contribution in [-0.2, 0) is 9.59 Å². The Kier molecular flexibility index (Phi) is 7.29. The molecule has 1 atom stereocenters. The highest BCUT2D eigenvalue weighted by molar-refractivity contribution is 8.15. The van der Waals surface area contributed by atoms with Gasteiger partial charge in [0, 0.05) is 29.2 Å². The normalized spacial score (nSPS) is 17.4. The number of rotatable bonds is 7. The van der Waals surface area contributed by atoms with Crippen molar-refractivity contribution in [1.29, 1.82) is 0 Å². The molecule has 2 aromatic rings. The van der Waals surface area contributed by atoms with Crippen molar-refractivity contribution < 1.29 is 14.4 Å². The summed E-state index contributed by atoms with van der Waals surface area (Å²) in [4.78, 5) is 42.9. The lowest BCUT2D eigenvalue weighted by Crippen LogP contribution is -2.34. The van der Waals surface area contributed by atoms with Gasteiger partial charge >= 0.3 is 0 Å². The van der Waals surface area contributed by atoms with Gasteiger partial charge in [-0.25, -0.2) is 4.99 Å². The summed E-state index contributed by atoms with van der Waals surface area (Å²) in [6, 6.07) is 13.7. The number of aliphatic imine (C=N–C) groups is 1. The molecule has 0 aromatic heterocycles. The van der Waals surface area contributed by atoms with Gasteiger partial charge in [0.05, 0.1) is 5.69 Å². The maximum Gasteiger partial charge on any atom is 0.242 e. The largest absolute Gasteiger partial charge is 0.326 e. The number of hydrogen-bond donors (Lipinski definition) is 1. The summed E-state index contributed by atoms with van der Waals surface area (Å²) < 4.78 is 0. The van der Waals surface area contributed by atoms with Crippen LogP contribution >= 0.6 is 23.4 Å². The van der Waals surface area contributed by atoms with E-state index < -0.39 is 5.25 Å². The van der Waals surface area contributed by atoms with E-state index in [9.17, 15) is 14.4 Å². The molecule has 0 saturated carbocycles. The molecule has 6 nitrogen and oxygen atoms in total. The molecule has 1 fully saturated rings. The molecule has 0 bridgehead atoms. The zero-order valence-electron chi connectivity index (χ0n) is 16.7. The summed E-state index contributed by atoms with van der Waals surface area (Å²) in [6.45, 7) is 4.02. The Balaban J connectivity index is 1.69. The Bertz CT molecular complexity index is 974. The monoisotopic (exact) mass is 443 g/mol. The SMILES string of the molecule is CCCN1C(=O)C(CC(=O)Nc2ccc(C(C)=O)cc2)SC1=Nc1ccc(Cl)cc1. The quantitative estimate of drug-likeness (QED) is 0.616. The molecule has 2 aromatic carbocycles. The smallest absolute Gasteiger partial charge is 0.242 e. The molecule has 2 amide bonds. The minimum absolute atomic E-state index is 0.0376. The summed E-state index contributed by atoms with van der Waals surface area (Å²) in [5, 5.41) is 3.46. The molecule has 1 unspecified atom stereocenters. The second-order valence-corrected chi connectivity index (χ2v) is 8.46. The number of Topliss-reactive ketones (excluding diaryl/α,β-unsaturated/α-hetero) is 1. The van der Waals surface area contributed by atoms with Crippen molar-refractivity contribution in [2.75, 3.05) is 11.9 Å². The van der Waals surface area contributed by atoms with Crippen LogP contribution in [0.1, 0.15) is 37.0 Å². The van der Waals surface area contributed by atoms with E-state index in [2.05, 4.69) is 10.3 Å². The molecule has 156 valence electrons. The van der Waals surface area contributed by atoms with Gasteiger partial charge in [0.25, 0.3) is 0 Å². The zero-order chi connectivity index (χ0) is 21.7. The molecule has 0 spiro atoms. The Labute approximate surface area is 184 Å². The van der Waals surface area contributed by atoms with Crippen LogP contribution in [0.4, 0.5) is 11.4 Å². The first-order chi connectivity index (χ1) is 14.4. The molecule has 3 rings (SSSR count). The number of amidine groups is 1. The highest BCUT2D eigenvalue weighted by Gasteiger charge is 2.38. The summed E-state index contributed by atoms with van der Waals surface area (Å²) in [5.74, 6) is -0.415. The van der Waals surface area contributed by atoms with Crippen molar-refractivity contribution in [1.82, 2.24) is 4.90 Å². The summed E-state index contributed by atoms with van der Waals surface area (Å²) in [7, 11) is 0. The van der Waals surface area contributed by atoms with Crippen LogP contribution in [0, 0.1) is 0 Å². The maximum atomic E-state index is 12.8. The molecule has 1 N–H and O–H groups in total. The van der Waals surface area contributed by atoms with Gasteiger partial charge in [0.1, 0.15) is 5.25 Å². The lowest BCUT2D eigenvalue weighted by molar-refractivity contribution is -0.128. The predicted octanol–water partition coefficient (Wildman–Crippen LogP) is 4.91. The third-order valence-corrected chi connectivity index (χ3v) is 5.89. The first kappa shape index (κ1) is 22.1. The zero-order valence-corrected chi connectivity index (χ0v) is 18.3. The minimum atomic E-state index is -0.529. The third kappa shape index (κ3) is 5.49. The number of nitrogens with zero attached hydrogens (tertiary/aromatic N) is 2. The van der Waals surface area contributed by atoms with Crippen molar-refractivity contribution in [2.45, 2.75) is 31.9 Å². The number of hydrogen-bond acceptors (Lipinski definition) is 5. The molecule has 0 aliphatic carbocycles. The Morgan fingerprint density at radius 2 is 1.80 bits per heavy atom. The van der Waals surface area contributed by atoms with Crippen molar-refractivity contribution in [3.63, 3.8) is 0 Å². The fourth-order valence-electron chi connectivity index (χ4n) is 2.95. The second-order valence-electron chi connectivity index (χ2n) is 6.85. The molecular formula is C22H22ClN3O3S. The highest BCUT2D eigenvalue weighted by atomic mass is 35.5. The van der Waals surface area contributed by atoms with Crippen LogP contribution in [0.25, 0.3) is 0 Å². The molecule has 8 heteroatoms. The van der Waals surface area contributed by atoms with E-state index in [0.29, 0.717) is 33.7 Å². The second kappa shape index (κ2) is 9.91. The Morgan fingerprint density at radius 3 is 2.40 bits per heavy atom. The number of nitrogens with one attached hydrogen (secondary N) is 1. The summed E-state index contributed by atoms with van der Waals surface area (Å²) in [5.41, 5.74) is 1.86. The van der Waals surface area contributed by atoms with Gasteiger partial charge in [0.15, 0.2) is 11.0 Å². The van der Waals surface area contributed by atoms with Crippen molar-refractivity contribution in [3.05, 3.63) is 59.1 Å². The number of thioether (sulfide) groups is 1. The van der Waals surface area contributed by atoms with E-state index in [1.165, 1.54) is 18.7 Å². The van der Waals surface area contributed by atoms with E-state index in [0.717, 1.165) is 6.42 Å². The van der Waals surface area contributed by atoms with E-state index in [-0.39, 0.29) is 24.0 Å². The van der Waals surface area contributed by atoms with Crippen molar-refractivity contribution >= 4 is 57.5 Å². The number of anilines is 1. The van der Waals surface area contributed by atoms with Crippen molar-refractivity contribution in [2.24, 2.45) is 4.99 Å². The van der Waals surface area contributed by atoms with Crippen LogP contribution in [0.15, 0.2) is 53.5 Å². The average Bonchev–Trinajstić information content (AvgIpc) is 2.99. The molecule has 0 radical (unpaired) electrons. The molecular weight excluding hydrogens is 422 g/mol. The van der Waals surface area contributed by atoms with Crippen LogP contribution in [0.2, 0.25) is 5.02 Å². The summed E-state index contributed by atoms with van der Waals surface area (Å²) >= 11 is 7.22. The van der Waals surface area contributed by atoms with Gasteiger partial charge in [-0.1, -0.05) is 30.3 Å². The van der Waals surface area contributed by atoms with E-state index in [4.69, 9.17) is 11.6 Å². The van der Waals surface area contributed by atoms with E-state index in [1.54, 1.807) is 53.4 Å². The Hall–Kier alpha value is -2.64. The van der Waals surface area contributed by atoms with Crippen LogP contribution in [-0.4, -0.2) is 39.5 Å². The first-order valence-corrected chi connectivity index (χ1v) is 10.9. The van der Waals surface area contributed by atoms with E-state index in [1.807, 2.05) is 6.92 Å². The number of amides is 2. The highest BCUT2D eigenvalue weighted by Crippen LogP contribution is 2.32. The van der Waals surface area contributed by atoms with Crippen LogP contribution in [0.5, 0.6) is 0 Å². The molecule has 1 aliphatic rings. The average molecular weight is 444 g/mol. The number of carbonyl (C=O) groups excluding carboxylic acids is 3. The fourth-order valence-corrected chi connectivity index (χ4v) is 4.26. The molecule has 1 heterocycles. The fraction of sp³-hybridized carbons (Fsp3) is 0.273. The van der Waals surface area contributed by atoms with Crippen molar-refractivity contribution in [3.8, 4) is 0 Å². The number of benzene rings is 2. The van der Waals surface area contributed by atoms with Gasteiger partial charge in [-0.05, 0) is 61.9 Å². The maximum absolute atomic E-state index is 12.8. The lowest BCUT2D eigenvalue weighted by Gasteiger charge is -2.15. The van der Waals surface area contributed by atoms with Gasteiger partial charge in [0.2, 0.25) is 11.8 Å². The van der Waals surface area contributed by atoms with Gasteiger partial charge in [-0.3, -0.25) is 19.3 Å². The number of ketones is 1. The Morgan fingerprint density at radius 1 is 1.13 bits per heavy atom. The predicted molar refractivity (Wildman–Crippen MR) is 122 cm³/mol. The minimum Gasteiger partial charge on any atom is -0.326 e. The van der Waals surface area contributed by atoms with Gasteiger partial charge < -0.3 is 5.32 Å². The molecule has 1 aliphatic heterocycles. The van der Waals surface area contributed by atoms with Crippen LogP contribution < -0.4 is 5.32 Å². The standard InChI is InChI=1S/C22H22ClN3O3S/c1-3-12-26-21(29)19(30-22(26)25-18-10-6-16(23)7-11-18)13-20(28)24-17-8-4-15(5-9-17)14(2)27/h4-11,19H,3,12-13H2,1-2H3,(H,24,28). The lowest BCUT2D eigenvalue weighted by atomic mass is 10.1. The number of halogens is 1. The third-order valence-electron chi connectivity index (χ3n) is 4.46. The first-order valence-electron chi connectivity index (χ1n) is 9.60. The molecule has 30 heavy (non-hydrogen) atoms. The van der Waals surface area contributed by atoms with Gasteiger partial charge in [-0.2, -0.15) is 0 Å². The van der Waals surface area contributed by atoms with E-state index >= 15 is 0 Å². The topological polar surface area (TPSA) is 78.8 Å². The van der Waals surface area contributed by atoms with Crippen LogP contribution in [0.3, 0.4) is 0 Å². The van der Waals surface area contributed by atoms with Gasteiger partial charge in [-0.15, -0.1) is 0 Å². The summed E-state index contributed by atoms with van der Waals surface area (Å²) in [6.07, 6.45) is 0.825. The number of carbonyl (C=O) groups is 3.